The summed E-state index contributed by atoms with van der Waals surface area (Å²) in [5, 5.41) is 3.46. The molecule has 0 bridgehead atoms. The Labute approximate surface area is 182 Å². The maximum Gasteiger partial charge on any atom is 0.293 e. The number of benzene rings is 2. The van der Waals surface area contributed by atoms with Crippen LogP contribution in [0.5, 0.6) is 0 Å². The normalized spacial score (nSPS) is 10.2. The number of rotatable bonds is 8. The lowest BCUT2D eigenvalue weighted by atomic mass is 10.1. The molecule has 1 N–H and O–H groups in total. The summed E-state index contributed by atoms with van der Waals surface area (Å²) >= 11 is 8.08. The zero-order valence-electron chi connectivity index (χ0n) is 17.3. The van der Waals surface area contributed by atoms with Crippen molar-refractivity contribution in [3.05, 3.63) is 64.2 Å². The van der Waals surface area contributed by atoms with E-state index in [2.05, 4.69) is 48.2 Å². The van der Waals surface area contributed by atoms with Crippen molar-refractivity contribution in [3.63, 3.8) is 0 Å². The van der Waals surface area contributed by atoms with E-state index >= 15 is 0 Å². The third-order valence-corrected chi connectivity index (χ3v) is 5.24. The molecule has 2 rings (SSSR count). The highest BCUT2D eigenvalue weighted by Gasteiger charge is 2.07. The standard InChI is InChI=1S/C20H22ClNOS.C3H6O2/c1-4-11-22-20(23)10-7-16-12-15(3)19(13-18(16)21)24-17-8-5-14(2)6-9-17;1-2-5-3-4/h5-10,12-13H,4,11H2,1-3H3,(H,22,23);3H,2H2,1H3/b10-7+;. The van der Waals surface area contributed by atoms with Crippen molar-refractivity contribution >= 4 is 41.8 Å². The van der Waals surface area contributed by atoms with E-state index in [1.165, 1.54) is 16.5 Å². The third-order valence-electron chi connectivity index (χ3n) is 3.74. The number of ether oxygens (including phenoxy) is 1. The molecule has 0 fully saturated rings. The Kier molecular flexibility index (Phi) is 11.8. The van der Waals surface area contributed by atoms with Gasteiger partial charge in [0.25, 0.3) is 6.47 Å². The molecule has 0 heterocycles. The Morgan fingerprint density at radius 2 is 1.86 bits per heavy atom. The molecular formula is C23H28ClNO3S. The molecule has 0 aromatic heterocycles. The van der Waals surface area contributed by atoms with Crippen LogP contribution in [0.25, 0.3) is 6.08 Å². The minimum atomic E-state index is -0.0938. The van der Waals surface area contributed by atoms with Crippen LogP contribution in [0.2, 0.25) is 5.02 Å². The second-order valence-corrected chi connectivity index (χ2v) is 7.75. The van der Waals surface area contributed by atoms with Crippen molar-refractivity contribution in [3.8, 4) is 0 Å². The van der Waals surface area contributed by atoms with Gasteiger partial charge in [-0.15, -0.1) is 0 Å². The molecule has 4 nitrogen and oxygen atoms in total. The molecule has 0 aliphatic carbocycles. The zero-order valence-corrected chi connectivity index (χ0v) is 18.9. The van der Waals surface area contributed by atoms with Gasteiger partial charge in [-0.05, 0) is 68.7 Å². The van der Waals surface area contributed by atoms with E-state index in [-0.39, 0.29) is 5.91 Å². The van der Waals surface area contributed by atoms with Crippen molar-refractivity contribution < 1.29 is 14.3 Å². The van der Waals surface area contributed by atoms with Gasteiger partial charge in [-0.3, -0.25) is 9.59 Å². The zero-order chi connectivity index (χ0) is 21.6. The highest BCUT2D eigenvalue weighted by molar-refractivity contribution is 7.99. The second kappa shape index (κ2) is 13.9. The number of carbonyl (C=O) groups is 2. The van der Waals surface area contributed by atoms with E-state index in [0.29, 0.717) is 24.6 Å². The largest absolute Gasteiger partial charge is 0.468 e. The average Bonchev–Trinajstić information content (AvgIpc) is 2.70. The number of hydrogen-bond acceptors (Lipinski definition) is 4. The fraction of sp³-hybridized carbons (Fsp3) is 0.304. The van der Waals surface area contributed by atoms with Gasteiger partial charge in [-0.2, -0.15) is 0 Å². The Balaban J connectivity index is 0.000000749. The lowest BCUT2D eigenvalue weighted by Gasteiger charge is -2.09. The number of aryl methyl sites for hydroxylation is 2. The Morgan fingerprint density at radius 3 is 2.41 bits per heavy atom. The van der Waals surface area contributed by atoms with Gasteiger partial charge in [-0.1, -0.05) is 48.0 Å². The summed E-state index contributed by atoms with van der Waals surface area (Å²) in [7, 11) is 0. The Bertz CT molecular complexity index is 820. The first-order valence-corrected chi connectivity index (χ1v) is 10.7. The lowest BCUT2D eigenvalue weighted by Crippen LogP contribution is -2.21. The minimum absolute atomic E-state index is 0.0938. The van der Waals surface area contributed by atoms with Crippen molar-refractivity contribution in [2.24, 2.45) is 0 Å². The van der Waals surface area contributed by atoms with Crippen LogP contribution in [-0.2, 0) is 14.3 Å². The predicted molar refractivity (Wildman–Crippen MR) is 122 cm³/mol. The molecule has 0 radical (unpaired) electrons. The van der Waals surface area contributed by atoms with Gasteiger partial charge < -0.3 is 10.1 Å². The molecule has 156 valence electrons. The molecule has 2 aromatic rings. The number of carbonyl (C=O) groups excluding carboxylic acids is 2. The van der Waals surface area contributed by atoms with E-state index in [1.807, 2.05) is 19.1 Å². The maximum absolute atomic E-state index is 11.7. The Morgan fingerprint density at radius 1 is 1.17 bits per heavy atom. The van der Waals surface area contributed by atoms with Gasteiger partial charge in [0.2, 0.25) is 5.91 Å². The maximum atomic E-state index is 11.7. The quantitative estimate of drug-likeness (QED) is 0.420. The van der Waals surface area contributed by atoms with E-state index in [1.54, 1.807) is 24.8 Å². The fourth-order valence-electron chi connectivity index (χ4n) is 2.20. The number of amides is 1. The third kappa shape index (κ3) is 9.68. The van der Waals surface area contributed by atoms with Crippen molar-refractivity contribution in [2.45, 2.75) is 43.9 Å². The highest BCUT2D eigenvalue weighted by atomic mass is 35.5. The van der Waals surface area contributed by atoms with Crippen molar-refractivity contribution in [2.75, 3.05) is 13.2 Å². The first-order valence-electron chi connectivity index (χ1n) is 9.47. The van der Waals surface area contributed by atoms with E-state index < -0.39 is 0 Å². The monoisotopic (exact) mass is 433 g/mol. The van der Waals surface area contributed by atoms with Gasteiger partial charge in [0.15, 0.2) is 0 Å². The molecular weight excluding hydrogens is 406 g/mol. The van der Waals surface area contributed by atoms with E-state index in [4.69, 9.17) is 11.6 Å². The molecule has 29 heavy (non-hydrogen) atoms. The average molecular weight is 434 g/mol. The SMILES string of the molecule is CCCNC(=O)/C=C/c1cc(C)c(Sc2ccc(C)cc2)cc1Cl.CCOC=O. The molecule has 6 heteroatoms. The minimum Gasteiger partial charge on any atom is -0.468 e. The van der Waals surface area contributed by atoms with Crippen LogP contribution in [0.3, 0.4) is 0 Å². The topological polar surface area (TPSA) is 55.4 Å². The van der Waals surface area contributed by atoms with Crippen LogP contribution in [0.1, 0.15) is 37.0 Å². The van der Waals surface area contributed by atoms with Crippen LogP contribution < -0.4 is 5.32 Å². The van der Waals surface area contributed by atoms with Gasteiger partial charge in [0.1, 0.15) is 0 Å². The second-order valence-electron chi connectivity index (χ2n) is 6.23. The van der Waals surface area contributed by atoms with Gasteiger partial charge in [-0.25, -0.2) is 0 Å². The molecule has 2 aromatic carbocycles. The van der Waals surface area contributed by atoms with Crippen LogP contribution in [0.15, 0.2) is 52.3 Å². The number of halogens is 1. The Hall–Kier alpha value is -2.24. The van der Waals surface area contributed by atoms with Crippen molar-refractivity contribution in [1.29, 1.82) is 0 Å². The van der Waals surface area contributed by atoms with Gasteiger partial charge in [0.05, 0.1) is 6.61 Å². The first-order chi connectivity index (χ1) is 13.9. The van der Waals surface area contributed by atoms with Gasteiger partial charge >= 0.3 is 0 Å². The van der Waals surface area contributed by atoms with E-state index in [0.717, 1.165) is 22.4 Å². The molecule has 0 saturated carbocycles. The van der Waals surface area contributed by atoms with Crippen LogP contribution in [0, 0.1) is 13.8 Å². The molecule has 0 spiro atoms. The molecule has 0 aliphatic rings. The molecule has 0 saturated heterocycles. The summed E-state index contributed by atoms with van der Waals surface area (Å²) in [4.78, 5) is 23.1. The molecule has 0 atom stereocenters. The molecule has 1 amide bonds. The van der Waals surface area contributed by atoms with Crippen LogP contribution >= 0.6 is 23.4 Å². The predicted octanol–water partition coefficient (Wildman–Crippen LogP) is 5.83. The van der Waals surface area contributed by atoms with Crippen LogP contribution in [0.4, 0.5) is 0 Å². The first kappa shape index (κ1) is 24.8. The number of nitrogens with one attached hydrogen (secondary N) is 1. The summed E-state index contributed by atoms with van der Waals surface area (Å²) in [6.45, 7) is 9.50. The molecule has 0 unspecified atom stereocenters. The van der Waals surface area contributed by atoms with Gasteiger partial charge in [0, 0.05) is 27.4 Å². The summed E-state index contributed by atoms with van der Waals surface area (Å²) in [6.07, 6.45) is 4.22. The summed E-state index contributed by atoms with van der Waals surface area (Å²) in [5.74, 6) is -0.0938. The summed E-state index contributed by atoms with van der Waals surface area (Å²) in [6, 6.07) is 12.4. The fourth-order valence-corrected chi connectivity index (χ4v) is 3.41. The molecule has 0 aliphatic heterocycles. The highest BCUT2D eigenvalue weighted by Crippen LogP contribution is 2.34. The summed E-state index contributed by atoms with van der Waals surface area (Å²) < 4.78 is 4.15. The van der Waals surface area contributed by atoms with Crippen LogP contribution in [-0.4, -0.2) is 25.5 Å². The lowest BCUT2D eigenvalue weighted by molar-refractivity contribution is -0.128. The smallest absolute Gasteiger partial charge is 0.293 e. The van der Waals surface area contributed by atoms with E-state index in [9.17, 15) is 9.59 Å². The summed E-state index contributed by atoms with van der Waals surface area (Å²) in [5.41, 5.74) is 3.24. The van der Waals surface area contributed by atoms with Crippen molar-refractivity contribution in [1.82, 2.24) is 5.32 Å². The number of hydrogen-bond donors (Lipinski definition) is 1.